The molecule has 4 aromatic rings. The van der Waals surface area contributed by atoms with Crippen molar-refractivity contribution in [3.05, 3.63) is 69.2 Å². The van der Waals surface area contributed by atoms with Gasteiger partial charge in [-0.15, -0.1) is 0 Å². The fourth-order valence-electron chi connectivity index (χ4n) is 2.91. The summed E-state index contributed by atoms with van der Waals surface area (Å²) >= 11 is 3.47. The van der Waals surface area contributed by atoms with Crippen molar-refractivity contribution >= 4 is 43.8 Å². The number of nitrogens with zero attached hydrogens (tertiary/aromatic N) is 2. The van der Waals surface area contributed by atoms with E-state index in [1.807, 2.05) is 18.2 Å². The predicted molar refractivity (Wildman–Crippen MR) is 100 cm³/mol. The van der Waals surface area contributed by atoms with Crippen molar-refractivity contribution in [1.29, 1.82) is 0 Å². The van der Waals surface area contributed by atoms with Crippen molar-refractivity contribution in [2.45, 2.75) is 0 Å². The van der Waals surface area contributed by atoms with Gasteiger partial charge in [-0.25, -0.2) is 4.79 Å². The average Bonchev–Trinajstić information content (AvgIpc) is 2.97. The van der Waals surface area contributed by atoms with Crippen LogP contribution in [0.3, 0.4) is 0 Å². The third kappa shape index (κ3) is 2.53. The van der Waals surface area contributed by atoms with E-state index in [1.165, 1.54) is 0 Å². The van der Waals surface area contributed by atoms with Crippen molar-refractivity contribution in [2.24, 2.45) is 0 Å². The second-order valence-electron chi connectivity index (χ2n) is 5.57. The summed E-state index contributed by atoms with van der Waals surface area (Å²) in [5, 5.41) is 3.44. The monoisotopic (exact) mass is 396 g/mol. The molecule has 4 rings (SSSR count). The largest absolute Gasteiger partial charge is 0.355 e. The Morgan fingerprint density at radius 2 is 1.96 bits per heavy atom. The highest BCUT2D eigenvalue weighted by Gasteiger charge is 2.14. The molecule has 6 nitrogen and oxygen atoms in total. The first-order chi connectivity index (χ1) is 12.1. The molecule has 2 aromatic carbocycles. The van der Waals surface area contributed by atoms with Crippen molar-refractivity contribution in [3.8, 4) is 5.69 Å². The molecular formula is C18H13BrN4O2. The van der Waals surface area contributed by atoms with Gasteiger partial charge in [0, 0.05) is 22.5 Å². The van der Waals surface area contributed by atoms with Crippen LogP contribution < -0.4 is 11.0 Å². The highest BCUT2D eigenvalue weighted by molar-refractivity contribution is 9.10. The normalized spacial score (nSPS) is 11.1. The molecule has 0 spiro atoms. The van der Waals surface area contributed by atoms with Gasteiger partial charge in [-0.05, 0) is 42.5 Å². The van der Waals surface area contributed by atoms with Crippen molar-refractivity contribution in [3.63, 3.8) is 0 Å². The number of aromatic amines is 1. The third-order valence-electron chi connectivity index (χ3n) is 4.08. The first-order valence-electron chi connectivity index (χ1n) is 7.60. The first-order valence-corrected chi connectivity index (χ1v) is 8.39. The molecule has 2 N–H and O–H groups in total. The van der Waals surface area contributed by atoms with E-state index in [1.54, 1.807) is 42.1 Å². The van der Waals surface area contributed by atoms with E-state index in [0.29, 0.717) is 16.8 Å². The zero-order chi connectivity index (χ0) is 17.6. The Hall–Kier alpha value is -2.93. The molecule has 0 saturated carbocycles. The molecule has 0 saturated heterocycles. The number of amides is 1. The Morgan fingerprint density at radius 1 is 1.20 bits per heavy atom. The molecule has 1 amide bonds. The molecule has 0 aliphatic heterocycles. The molecule has 0 unspecified atom stereocenters. The van der Waals surface area contributed by atoms with Crippen LogP contribution >= 0.6 is 15.9 Å². The topological polar surface area (TPSA) is 79.8 Å². The third-order valence-corrected chi connectivity index (χ3v) is 4.58. The minimum absolute atomic E-state index is 0.170. The number of imidazole rings is 1. The number of hydrogen-bond donors (Lipinski definition) is 2. The van der Waals surface area contributed by atoms with E-state index >= 15 is 0 Å². The fourth-order valence-corrected chi connectivity index (χ4v) is 3.27. The molecule has 2 heterocycles. The highest BCUT2D eigenvalue weighted by Crippen LogP contribution is 2.26. The summed E-state index contributed by atoms with van der Waals surface area (Å²) in [6, 6.07) is 12.6. The Kier molecular flexibility index (Phi) is 3.65. The summed E-state index contributed by atoms with van der Waals surface area (Å²) in [6.07, 6.45) is 1.66. The van der Waals surface area contributed by atoms with Gasteiger partial charge in [0.1, 0.15) is 0 Å². The summed E-state index contributed by atoms with van der Waals surface area (Å²) in [7, 11) is 1.58. The number of benzene rings is 2. The van der Waals surface area contributed by atoms with Gasteiger partial charge in [0.05, 0.1) is 28.4 Å². The summed E-state index contributed by atoms with van der Waals surface area (Å²) < 4.78 is 2.50. The number of pyridine rings is 1. The Balaban J connectivity index is 2.01. The number of fused-ring (bicyclic) bond motifs is 3. The lowest BCUT2D eigenvalue weighted by molar-refractivity contribution is 0.0963. The van der Waals surface area contributed by atoms with Gasteiger partial charge in [-0.1, -0.05) is 15.9 Å². The van der Waals surface area contributed by atoms with Gasteiger partial charge < -0.3 is 10.3 Å². The molecule has 0 aliphatic carbocycles. The van der Waals surface area contributed by atoms with Gasteiger partial charge >= 0.3 is 5.69 Å². The van der Waals surface area contributed by atoms with Gasteiger partial charge in [0.2, 0.25) is 0 Å². The van der Waals surface area contributed by atoms with Crippen LogP contribution in [0.2, 0.25) is 0 Å². The van der Waals surface area contributed by atoms with E-state index in [9.17, 15) is 9.59 Å². The van der Waals surface area contributed by atoms with Crippen molar-refractivity contribution < 1.29 is 4.79 Å². The molecule has 0 fully saturated rings. The van der Waals surface area contributed by atoms with E-state index in [-0.39, 0.29) is 11.6 Å². The zero-order valence-corrected chi connectivity index (χ0v) is 14.8. The lowest BCUT2D eigenvalue weighted by Gasteiger charge is -2.07. The molecule has 0 radical (unpaired) electrons. The van der Waals surface area contributed by atoms with Crippen LogP contribution in [-0.2, 0) is 0 Å². The minimum atomic E-state index is -0.253. The Morgan fingerprint density at radius 3 is 2.68 bits per heavy atom. The molecule has 0 bridgehead atoms. The van der Waals surface area contributed by atoms with Crippen molar-refractivity contribution in [1.82, 2.24) is 19.9 Å². The lowest BCUT2D eigenvalue weighted by Crippen LogP contribution is -2.18. The summed E-state index contributed by atoms with van der Waals surface area (Å²) in [4.78, 5) is 31.5. The molecule has 0 atom stereocenters. The smallest absolute Gasteiger partial charge is 0.331 e. The number of carbonyl (C=O) groups excluding carboxylic acids is 1. The van der Waals surface area contributed by atoms with Gasteiger partial charge in [0.25, 0.3) is 5.91 Å². The van der Waals surface area contributed by atoms with Gasteiger partial charge in [-0.3, -0.25) is 14.3 Å². The standard InChI is InChI=1S/C18H13BrN4O2/c1-20-17(24)10-2-5-12(6-3-10)23-16-13-8-11(19)4-7-14(13)21-9-15(16)22-18(23)25/h2-9H,1H3,(H,20,24)(H,22,25). The second kappa shape index (κ2) is 5.86. The molecule has 7 heteroatoms. The maximum Gasteiger partial charge on any atom is 0.331 e. The number of nitrogens with one attached hydrogen (secondary N) is 2. The van der Waals surface area contributed by atoms with E-state index in [0.717, 1.165) is 20.9 Å². The zero-order valence-electron chi connectivity index (χ0n) is 13.2. The number of carbonyl (C=O) groups is 1. The van der Waals surface area contributed by atoms with Crippen LogP contribution in [0.25, 0.3) is 27.6 Å². The van der Waals surface area contributed by atoms with Crippen LogP contribution in [0.4, 0.5) is 0 Å². The van der Waals surface area contributed by atoms with Gasteiger partial charge in [-0.2, -0.15) is 0 Å². The summed E-state index contributed by atoms with van der Waals surface area (Å²) in [6.45, 7) is 0. The summed E-state index contributed by atoms with van der Waals surface area (Å²) in [5.41, 5.74) is 3.17. The van der Waals surface area contributed by atoms with E-state index in [2.05, 4.69) is 31.2 Å². The highest BCUT2D eigenvalue weighted by atomic mass is 79.9. The minimum Gasteiger partial charge on any atom is -0.355 e. The van der Waals surface area contributed by atoms with Crippen LogP contribution in [0.15, 0.2) is 57.9 Å². The molecule has 25 heavy (non-hydrogen) atoms. The molecule has 2 aromatic heterocycles. The SMILES string of the molecule is CNC(=O)c1ccc(-n2c(=O)[nH]c3cnc4ccc(Br)cc4c32)cc1. The number of aromatic nitrogens is 3. The Labute approximate surface area is 150 Å². The lowest BCUT2D eigenvalue weighted by atomic mass is 10.1. The van der Waals surface area contributed by atoms with Crippen LogP contribution in [-0.4, -0.2) is 27.5 Å². The van der Waals surface area contributed by atoms with Crippen LogP contribution in [0, 0.1) is 0 Å². The number of hydrogen-bond acceptors (Lipinski definition) is 3. The first kappa shape index (κ1) is 15.6. The number of rotatable bonds is 2. The molecule has 0 aliphatic rings. The van der Waals surface area contributed by atoms with Crippen molar-refractivity contribution in [2.75, 3.05) is 7.05 Å². The predicted octanol–water partition coefficient (Wildman–Crippen LogP) is 2.99. The fraction of sp³-hybridized carbons (Fsp3) is 0.0556. The number of halogens is 1. The van der Waals surface area contributed by atoms with Crippen LogP contribution in [0.5, 0.6) is 0 Å². The quantitative estimate of drug-likeness (QED) is 0.546. The maximum absolute atomic E-state index is 12.5. The van der Waals surface area contributed by atoms with Gasteiger partial charge in [0.15, 0.2) is 0 Å². The van der Waals surface area contributed by atoms with E-state index < -0.39 is 0 Å². The Bertz CT molecular complexity index is 1180. The maximum atomic E-state index is 12.5. The average molecular weight is 397 g/mol. The summed E-state index contributed by atoms with van der Waals surface area (Å²) in [5.74, 6) is -0.170. The van der Waals surface area contributed by atoms with E-state index in [4.69, 9.17) is 0 Å². The number of H-pyrrole nitrogens is 1. The molecule has 124 valence electrons. The molecular weight excluding hydrogens is 384 g/mol. The van der Waals surface area contributed by atoms with Crippen LogP contribution in [0.1, 0.15) is 10.4 Å². The second-order valence-corrected chi connectivity index (χ2v) is 6.49.